The van der Waals surface area contributed by atoms with Crippen LogP contribution in [0.5, 0.6) is 11.5 Å². The van der Waals surface area contributed by atoms with Crippen molar-refractivity contribution in [2.45, 2.75) is 6.18 Å². The Morgan fingerprint density at radius 1 is 1.19 bits per heavy atom. The summed E-state index contributed by atoms with van der Waals surface area (Å²) in [6.07, 6.45) is -4.91. The van der Waals surface area contributed by atoms with E-state index < -0.39 is 17.5 Å². The minimum Gasteiger partial charge on any atom is -0.486 e. The molecule has 16 heavy (non-hydrogen) atoms. The van der Waals surface area contributed by atoms with E-state index in [0.717, 1.165) is 6.07 Å². The molecule has 1 aliphatic heterocycles. The Kier molecular flexibility index (Phi) is 2.49. The van der Waals surface area contributed by atoms with Gasteiger partial charge in [0.25, 0.3) is 5.78 Å². The fourth-order valence-electron chi connectivity index (χ4n) is 1.41. The van der Waals surface area contributed by atoms with Crippen LogP contribution in [0.25, 0.3) is 0 Å². The predicted octanol–water partition coefficient (Wildman–Crippen LogP) is 2.20. The molecule has 0 atom stereocenters. The average Bonchev–Trinajstić information content (AvgIpc) is 2.26. The second-order valence-corrected chi connectivity index (χ2v) is 3.16. The molecule has 1 aliphatic rings. The van der Waals surface area contributed by atoms with Crippen molar-refractivity contribution in [3.8, 4) is 11.5 Å². The summed E-state index contributed by atoms with van der Waals surface area (Å²) in [6.45, 7) is 0.395. The molecule has 0 radical (unpaired) electrons. The van der Waals surface area contributed by atoms with Gasteiger partial charge in [-0.05, 0) is 12.1 Å². The Morgan fingerprint density at radius 3 is 2.56 bits per heavy atom. The first-order valence-corrected chi connectivity index (χ1v) is 4.50. The number of carbonyl (C=O) groups excluding carboxylic acids is 1. The molecular formula is C10H7F3O3. The van der Waals surface area contributed by atoms with E-state index in [0.29, 0.717) is 0 Å². The van der Waals surface area contributed by atoms with Gasteiger partial charge in [-0.25, -0.2) is 0 Å². The van der Waals surface area contributed by atoms with E-state index in [1.165, 1.54) is 12.1 Å². The zero-order valence-corrected chi connectivity index (χ0v) is 8.00. The molecule has 0 saturated carbocycles. The van der Waals surface area contributed by atoms with Gasteiger partial charge in [-0.3, -0.25) is 4.79 Å². The summed E-state index contributed by atoms with van der Waals surface area (Å²) < 4.78 is 46.9. The largest absolute Gasteiger partial charge is 0.486 e. The zero-order chi connectivity index (χ0) is 11.8. The molecule has 0 bridgehead atoms. The molecule has 0 spiro atoms. The molecule has 86 valence electrons. The van der Waals surface area contributed by atoms with Crippen molar-refractivity contribution in [3.05, 3.63) is 23.8 Å². The lowest BCUT2D eigenvalue weighted by atomic mass is 10.1. The lowest BCUT2D eigenvalue weighted by molar-refractivity contribution is -0.0887. The summed E-state index contributed by atoms with van der Waals surface area (Å²) in [5, 5.41) is 0. The summed E-state index contributed by atoms with van der Waals surface area (Å²) in [5.41, 5.74) is -0.510. The normalized spacial score (nSPS) is 14.7. The van der Waals surface area contributed by atoms with Crippen LogP contribution in [0.3, 0.4) is 0 Å². The minimum atomic E-state index is -4.91. The highest BCUT2D eigenvalue weighted by atomic mass is 19.4. The Labute approximate surface area is 88.8 Å². The first-order valence-electron chi connectivity index (χ1n) is 4.50. The number of benzene rings is 1. The number of alkyl halides is 3. The number of halogens is 3. The monoisotopic (exact) mass is 232 g/mol. The molecule has 0 fully saturated rings. The van der Waals surface area contributed by atoms with Crippen LogP contribution >= 0.6 is 0 Å². The van der Waals surface area contributed by atoms with Crippen LogP contribution in [0.4, 0.5) is 13.2 Å². The fraction of sp³-hybridized carbons (Fsp3) is 0.300. The van der Waals surface area contributed by atoms with Gasteiger partial charge in [0.1, 0.15) is 13.2 Å². The van der Waals surface area contributed by atoms with E-state index in [1.807, 2.05) is 0 Å². The molecule has 1 aromatic carbocycles. The average molecular weight is 232 g/mol. The predicted molar refractivity (Wildman–Crippen MR) is 47.8 cm³/mol. The van der Waals surface area contributed by atoms with Gasteiger partial charge in [-0.15, -0.1) is 0 Å². The van der Waals surface area contributed by atoms with Crippen molar-refractivity contribution in [1.29, 1.82) is 0 Å². The number of fused-ring (bicyclic) bond motifs is 1. The van der Waals surface area contributed by atoms with Crippen molar-refractivity contribution < 1.29 is 27.4 Å². The third kappa shape index (κ3) is 1.82. The molecule has 1 heterocycles. The Bertz CT molecular complexity index is 426. The van der Waals surface area contributed by atoms with Gasteiger partial charge in [0.2, 0.25) is 0 Å². The maximum Gasteiger partial charge on any atom is 0.455 e. The van der Waals surface area contributed by atoms with Crippen molar-refractivity contribution in [2.24, 2.45) is 0 Å². The lowest BCUT2D eigenvalue weighted by Gasteiger charge is -2.20. The molecule has 0 aromatic heterocycles. The lowest BCUT2D eigenvalue weighted by Crippen LogP contribution is -2.25. The number of ketones is 1. The van der Waals surface area contributed by atoms with Crippen LogP contribution < -0.4 is 9.47 Å². The van der Waals surface area contributed by atoms with Crippen LogP contribution in [0.2, 0.25) is 0 Å². The van der Waals surface area contributed by atoms with E-state index in [1.54, 1.807) is 0 Å². The molecule has 1 aromatic rings. The Balaban J connectivity index is 2.46. The summed E-state index contributed by atoms with van der Waals surface area (Å²) >= 11 is 0. The number of ether oxygens (including phenoxy) is 2. The van der Waals surface area contributed by atoms with Crippen molar-refractivity contribution in [3.63, 3.8) is 0 Å². The number of Topliss-reactive ketones (excluding diaryl/α,β-unsaturated/α-hetero) is 1. The Hall–Kier alpha value is -1.72. The molecule has 0 N–H and O–H groups in total. The van der Waals surface area contributed by atoms with Gasteiger partial charge in [0.05, 0.1) is 5.56 Å². The second kappa shape index (κ2) is 3.70. The summed E-state index contributed by atoms with van der Waals surface area (Å²) in [5.74, 6) is -1.88. The third-order valence-corrected chi connectivity index (χ3v) is 2.07. The van der Waals surface area contributed by atoms with E-state index in [2.05, 4.69) is 0 Å². The van der Waals surface area contributed by atoms with Crippen molar-refractivity contribution in [1.82, 2.24) is 0 Å². The van der Waals surface area contributed by atoms with E-state index >= 15 is 0 Å². The molecule has 0 amide bonds. The van der Waals surface area contributed by atoms with Crippen molar-refractivity contribution >= 4 is 5.78 Å². The first-order chi connectivity index (χ1) is 7.50. The molecule has 6 heteroatoms. The van der Waals surface area contributed by atoms with Crippen molar-refractivity contribution in [2.75, 3.05) is 13.2 Å². The number of hydrogen-bond acceptors (Lipinski definition) is 3. The van der Waals surface area contributed by atoms with E-state index in [9.17, 15) is 18.0 Å². The van der Waals surface area contributed by atoms with E-state index in [-0.39, 0.29) is 24.7 Å². The van der Waals surface area contributed by atoms with Crippen LogP contribution in [0.15, 0.2) is 18.2 Å². The number of hydrogen-bond donors (Lipinski definition) is 0. The second-order valence-electron chi connectivity index (χ2n) is 3.16. The minimum absolute atomic E-state index is 0.129. The zero-order valence-electron chi connectivity index (χ0n) is 8.00. The fourth-order valence-corrected chi connectivity index (χ4v) is 1.41. The third-order valence-electron chi connectivity index (χ3n) is 2.07. The maximum atomic E-state index is 12.3. The van der Waals surface area contributed by atoms with Crippen LogP contribution in [0.1, 0.15) is 10.4 Å². The highest BCUT2D eigenvalue weighted by molar-refractivity contribution is 6.03. The van der Waals surface area contributed by atoms with Gasteiger partial charge in [-0.1, -0.05) is 6.07 Å². The standard InChI is InChI=1S/C10H7F3O3/c11-10(12,13)9(14)6-2-1-3-7-8(6)16-5-4-15-7/h1-3H,4-5H2. The maximum absolute atomic E-state index is 12.3. The quantitative estimate of drug-likeness (QED) is 0.696. The van der Waals surface area contributed by atoms with Crippen LogP contribution in [-0.2, 0) is 0 Å². The molecule has 0 saturated heterocycles. The van der Waals surface area contributed by atoms with Gasteiger partial charge >= 0.3 is 6.18 Å². The molecule has 0 aliphatic carbocycles. The van der Waals surface area contributed by atoms with E-state index in [4.69, 9.17) is 9.47 Å². The number of carbonyl (C=O) groups is 1. The highest BCUT2D eigenvalue weighted by Gasteiger charge is 2.41. The van der Waals surface area contributed by atoms with Crippen LogP contribution in [-0.4, -0.2) is 25.2 Å². The number of para-hydroxylation sites is 1. The summed E-state index contributed by atoms with van der Waals surface area (Å²) in [4.78, 5) is 11.1. The SMILES string of the molecule is O=C(c1cccc2c1OCCO2)C(F)(F)F. The molecular weight excluding hydrogens is 225 g/mol. The smallest absolute Gasteiger partial charge is 0.455 e. The molecule has 2 rings (SSSR count). The van der Waals surface area contributed by atoms with Crippen LogP contribution in [0, 0.1) is 0 Å². The Morgan fingerprint density at radius 2 is 1.88 bits per heavy atom. The van der Waals surface area contributed by atoms with Gasteiger partial charge in [0, 0.05) is 0 Å². The molecule has 3 nitrogen and oxygen atoms in total. The first kappa shape index (κ1) is 10.8. The molecule has 0 unspecified atom stereocenters. The van der Waals surface area contributed by atoms with Gasteiger partial charge in [0.15, 0.2) is 11.5 Å². The number of rotatable bonds is 1. The summed E-state index contributed by atoms with van der Waals surface area (Å²) in [6, 6.07) is 3.86. The topological polar surface area (TPSA) is 35.5 Å². The summed E-state index contributed by atoms with van der Waals surface area (Å²) in [7, 11) is 0. The highest BCUT2D eigenvalue weighted by Crippen LogP contribution is 2.36. The van der Waals surface area contributed by atoms with Gasteiger partial charge in [-0.2, -0.15) is 13.2 Å². The van der Waals surface area contributed by atoms with Gasteiger partial charge < -0.3 is 9.47 Å².